The van der Waals surface area contributed by atoms with Crippen molar-refractivity contribution in [3.63, 3.8) is 0 Å². The number of halogens is 2. The Labute approximate surface area is 108 Å². The summed E-state index contributed by atoms with van der Waals surface area (Å²) in [7, 11) is 0. The van der Waals surface area contributed by atoms with Crippen molar-refractivity contribution >= 4 is 10.8 Å². The molecule has 0 aliphatic rings. The normalized spacial score (nSPS) is 9.00. The summed E-state index contributed by atoms with van der Waals surface area (Å²) < 4.78 is 0. The molecule has 0 amide bonds. The molecular weight excluding hydrogens is 361 g/mol. The smallest absolute Gasteiger partial charge is 0 e. The second-order valence-corrected chi connectivity index (χ2v) is 3.57. The molecule has 2 aromatic rings. The quantitative estimate of drug-likeness (QED) is 0.389. The van der Waals surface area contributed by atoms with E-state index in [9.17, 15) is 0 Å². The average Bonchev–Trinajstić information content (AvgIpc) is 2.46. The number of benzene rings is 1. The first kappa shape index (κ1) is 17.0. The van der Waals surface area contributed by atoms with E-state index in [1.54, 1.807) is 0 Å². The van der Waals surface area contributed by atoms with E-state index in [-0.39, 0.29) is 35.3 Å². The molecule has 15 heavy (non-hydrogen) atoms. The van der Waals surface area contributed by atoms with Gasteiger partial charge in [-0.15, -0.1) is 40.6 Å². The number of fused-ring (bicyclic) bond motifs is 1. The zero-order valence-electron chi connectivity index (χ0n) is 8.80. The van der Waals surface area contributed by atoms with Crippen molar-refractivity contribution < 1.29 is 35.3 Å². The van der Waals surface area contributed by atoms with E-state index in [2.05, 4.69) is 50.2 Å². The van der Waals surface area contributed by atoms with Crippen LogP contribution in [0.2, 0.25) is 0 Å². The van der Waals surface area contributed by atoms with Crippen LogP contribution in [0, 0.1) is 0 Å². The Morgan fingerprint density at radius 2 is 1.67 bits per heavy atom. The van der Waals surface area contributed by atoms with Gasteiger partial charge in [-0.3, -0.25) is 0 Å². The zero-order valence-corrected chi connectivity index (χ0v) is 12.4. The Morgan fingerprint density at radius 1 is 1.07 bits per heavy atom. The van der Waals surface area contributed by atoms with E-state index in [1.807, 2.05) is 0 Å². The Kier molecular flexibility index (Phi) is 7.85. The summed E-state index contributed by atoms with van der Waals surface area (Å²) in [6.07, 6.45) is 0. The Balaban J connectivity index is 0. The van der Waals surface area contributed by atoms with E-state index < -0.39 is 0 Å². The van der Waals surface area contributed by atoms with Crippen LogP contribution in [-0.4, -0.2) is 0 Å². The maximum Gasteiger partial charge on any atom is 0 e. The van der Waals surface area contributed by atoms with Gasteiger partial charge in [0.2, 0.25) is 0 Å². The first-order valence-corrected chi connectivity index (χ1v) is 4.43. The van der Waals surface area contributed by atoms with E-state index >= 15 is 0 Å². The van der Waals surface area contributed by atoms with Gasteiger partial charge in [-0.25, -0.2) is 0 Å². The molecule has 0 aliphatic heterocycles. The summed E-state index contributed by atoms with van der Waals surface area (Å²) in [5, 5.41) is 2.72. The van der Waals surface area contributed by atoms with Gasteiger partial charge in [-0.1, -0.05) is 19.9 Å². The van der Waals surface area contributed by atoms with Crippen molar-refractivity contribution in [2.45, 2.75) is 19.8 Å². The van der Waals surface area contributed by atoms with Gasteiger partial charge in [0, 0.05) is 25.8 Å². The van der Waals surface area contributed by atoms with E-state index in [1.165, 1.54) is 16.3 Å². The Hall–Kier alpha value is -0.440. The second kappa shape index (κ2) is 6.94. The first-order chi connectivity index (χ1) is 5.77. The maximum absolute atomic E-state index is 2.28. The molecule has 0 saturated heterocycles. The molecule has 0 N–H and O–H groups in total. The molecule has 0 bridgehead atoms. The fourth-order valence-electron chi connectivity index (χ4n) is 1.51. The van der Waals surface area contributed by atoms with Crippen molar-refractivity contribution in [3.05, 3.63) is 42.0 Å². The molecule has 0 atom stereocenters. The monoisotopic (exact) mass is 375 g/mol. The largest absolute Gasteiger partial charge is 1.00 e. The van der Waals surface area contributed by atoms with Crippen LogP contribution in [0.4, 0.5) is 0 Å². The van der Waals surface area contributed by atoms with Gasteiger partial charge in [0.15, 0.2) is 0 Å². The summed E-state index contributed by atoms with van der Waals surface area (Å²) in [5.74, 6) is 0.636. The third-order valence-electron chi connectivity index (χ3n) is 2.31. The minimum absolute atomic E-state index is 0. The van der Waals surface area contributed by atoms with Crippen LogP contribution in [0.1, 0.15) is 25.3 Å². The van der Waals surface area contributed by atoms with Gasteiger partial charge in [0.05, 0.1) is 0 Å². The summed E-state index contributed by atoms with van der Waals surface area (Å²) in [4.78, 5) is 0. The summed E-state index contributed by atoms with van der Waals surface area (Å²) >= 11 is 0. The molecular formula is C12H13F2Hf-3. The van der Waals surface area contributed by atoms with Crippen LogP contribution < -0.4 is 9.41 Å². The molecule has 0 aromatic heterocycles. The average molecular weight is 374 g/mol. The Morgan fingerprint density at radius 3 is 2.20 bits per heavy atom. The number of hydrogen-bond acceptors (Lipinski definition) is 0. The van der Waals surface area contributed by atoms with E-state index in [4.69, 9.17) is 0 Å². The first-order valence-electron chi connectivity index (χ1n) is 4.43. The van der Waals surface area contributed by atoms with Crippen molar-refractivity contribution in [1.82, 2.24) is 0 Å². The molecule has 0 aliphatic carbocycles. The fraction of sp³-hybridized carbons (Fsp3) is 0.250. The van der Waals surface area contributed by atoms with Crippen molar-refractivity contribution in [2.75, 3.05) is 0 Å². The van der Waals surface area contributed by atoms with Gasteiger partial charge in [0.25, 0.3) is 0 Å². The summed E-state index contributed by atoms with van der Waals surface area (Å²) in [5.41, 5.74) is 1.44. The predicted molar refractivity (Wildman–Crippen MR) is 53.6 cm³/mol. The number of hydrogen-bond donors (Lipinski definition) is 0. The van der Waals surface area contributed by atoms with Gasteiger partial charge in [0.1, 0.15) is 0 Å². The topological polar surface area (TPSA) is 0 Å². The second-order valence-electron chi connectivity index (χ2n) is 3.57. The third-order valence-corrected chi connectivity index (χ3v) is 2.31. The minimum atomic E-state index is 0. The Bertz CT molecular complexity index is 360. The molecule has 0 nitrogen and oxygen atoms in total. The standard InChI is InChI=1S/C12H13.2FH.Hf/c1-9(2)12-7-10-5-3-4-6-11(10)8-12;;;/h3-9H,1-2H3;2*1H;/q-1;;;/p-2. The number of rotatable bonds is 1. The van der Waals surface area contributed by atoms with Crippen molar-refractivity contribution in [1.29, 1.82) is 0 Å². The van der Waals surface area contributed by atoms with Crippen LogP contribution in [0.3, 0.4) is 0 Å². The van der Waals surface area contributed by atoms with Crippen LogP contribution in [-0.2, 0) is 25.8 Å². The molecule has 0 saturated carbocycles. The molecule has 0 heterocycles. The minimum Gasteiger partial charge on any atom is -1.00 e. The summed E-state index contributed by atoms with van der Waals surface area (Å²) in [6, 6.07) is 13.1. The van der Waals surface area contributed by atoms with Crippen LogP contribution in [0.25, 0.3) is 10.8 Å². The molecule has 2 rings (SSSR count). The molecule has 3 heteroatoms. The molecule has 82 valence electrons. The van der Waals surface area contributed by atoms with Crippen LogP contribution >= 0.6 is 0 Å². The summed E-state index contributed by atoms with van der Waals surface area (Å²) in [6.45, 7) is 4.46. The fourth-order valence-corrected chi connectivity index (χ4v) is 1.51. The molecule has 2 aromatic carbocycles. The van der Waals surface area contributed by atoms with Gasteiger partial charge in [-0.05, 0) is 5.92 Å². The van der Waals surface area contributed by atoms with Crippen molar-refractivity contribution in [2.24, 2.45) is 0 Å². The molecule has 0 spiro atoms. The third kappa shape index (κ3) is 3.56. The molecule has 0 fully saturated rings. The van der Waals surface area contributed by atoms with Gasteiger partial charge < -0.3 is 9.41 Å². The van der Waals surface area contributed by atoms with Crippen LogP contribution in [0.15, 0.2) is 36.4 Å². The predicted octanol–water partition coefficient (Wildman–Crippen LogP) is -2.31. The van der Waals surface area contributed by atoms with Crippen LogP contribution in [0.5, 0.6) is 0 Å². The van der Waals surface area contributed by atoms with Gasteiger partial charge >= 0.3 is 0 Å². The maximum atomic E-state index is 2.28. The van der Waals surface area contributed by atoms with E-state index in [0.29, 0.717) is 5.92 Å². The molecule has 0 unspecified atom stereocenters. The zero-order chi connectivity index (χ0) is 8.55. The van der Waals surface area contributed by atoms with Crippen molar-refractivity contribution in [3.8, 4) is 0 Å². The SMILES string of the molecule is CC(C)c1cc2ccccc2[cH-]1.[F-].[F-].[Hf]. The van der Waals surface area contributed by atoms with Gasteiger partial charge in [-0.2, -0.15) is 6.07 Å². The molecule has 0 radical (unpaired) electrons. The van der Waals surface area contributed by atoms with E-state index in [0.717, 1.165) is 0 Å².